The summed E-state index contributed by atoms with van der Waals surface area (Å²) in [4.78, 5) is 0. The van der Waals surface area contributed by atoms with E-state index in [4.69, 9.17) is 16.3 Å². The average molecular weight is 348 g/mol. The number of hydrogen-bond donors (Lipinski definition) is 0. The first-order valence-corrected chi connectivity index (χ1v) is 6.84. The molecular weight excluding hydrogens is 338 g/mol. The molecule has 0 saturated carbocycles. The molecule has 0 aliphatic rings. The summed E-state index contributed by atoms with van der Waals surface area (Å²) in [7, 11) is 0. The number of para-hydroxylation sites is 1. The smallest absolute Gasteiger partial charge is 0.165 e. The van der Waals surface area contributed by atoms with Crippen molar-refractivity contribution in [1.82, 2.24) is 0 Å². The van der Waals surface area contributed by atoms with Gasteiger partial charge < -0.3 is 4.74 Å². The first-order valence-electron chi connectivity index (χ1n) is 5.52. The maximum Gasteiger partial charge on any atom is 0.165 e. The van der Waals surface area contributed by atoms with Crippen molar-refractivity contribution < 1.29 is 13.5 Å². The number of alkyl halides is 1. The molecule has 0 amide bonds. The van der Waals surface area contributed by atoms with Gasteiger partial charge in [-0.1, -0.05) is 28.1 Å². The zero-order valence-electron chi connectivity index (χ0n) is 9.80. The third-order valence-electron chi connectivity index (χ3n) is 2.57. The molecule has 0 fully saturated rings. The first-order chi connectivity index (χ1) is 9.11. The van der Waals surface area contributed by atoms with Gasteiger partial charge in [0.25, 0.3) is 0 Å². The van der Waals surface area contributed by atoms with Crippen molar-refractivity contribution in [3.8, 4) is 5.75 Å². The monoisotopic (exact) mass is 346 g/mol. The standard InChI is InChI=1S/C14H10BrClF2O/c15-11-4-5-12(17)10(6-11)8-19-14-9(7-16)2-1-3-13(14)18/h1-6H,7-8H2. The van der Waals surface area contributed by atoms with Crippen LogP contribution in [0.15, 0.2) is 40.9 Å². The Morgan fingerprint density at radius 1 is 1.05 bits per heavy atom. The predicted molar refractivity (Wildman–Crippen MR) is 74.4 cm³/mol. The summed E-state index contributed by atoms with van der Waals surface area (Å²) in [6.45, 7) is -0.0594. The van der Waals surface area contributed by atoms with Gasteiger partial charge in [-0.2, -0.15) is 0 Å². The largest absolute Gasteiger partial charge is 0.485 e. The molecule has 19 heavy (non-hydrogen) atoms. The highest BCUT2D eigenvalue weighted by Gasteiger charge is 2.11. The highest BCUT2D eigenvalue weighted by Crippen LogP contribution is 2.26. The summed E-state index contributed by atoms with van der Waals surface area (Å²) in [5.41, 5.74) is 0.884. The highest BCUT2D eigenvalue weighted by molar-refractivity contribution is 9.10. The van der Waals surface area contributed by atoms with Crippen molar-refractivity contribution >= 4 is 27.5 Å². The van der Waals surface area contributed by atoms with Crippen LogP contribution >= 0.6 is 27.5 Å². The molecule has 0 aromatic heterocycles. The average Bonchev–Trinajstić information content (AvgIpc) is 2.40. The maximum absolute atomic E-state index is 13.6. The Morgan fingerprint density at radius 3 is 2.58 bits per heavy atom. The van der Waals surface area contributed by atoms with Crippen LogP contribution in [0.1, 0.15) is 11.1 Å². The molecule has 0 saturated heterocycles. The Hall–Kier alpha value is -1.13. The van der Waals surface area contributed by atoms with Gasteiger partial charge in [-0.25, -0.2) is 8.78 Å². The second-order valence-corrected chi connectivity index (χ2v) is 5.07. The van der Waals surface area contributed by atoms with E-state index in [-0.39, 0.29) is 18.2 Å². The quantitative estimate of drug-likeness (QED) is 0.704. The third kappa shape index (κ3) is 3.45. The van der Waals surface area contributed by atoms with Crippen LogP contribution in [-0.4, -0.2) is 0 Å². The van der Waals surface area contributed by atoms with Crippen LogP contribution < -0.4 is 4.74 Å². The first kappa shape index (κ1) is 14.3. The van der Waals surface area contributed by atoms with E-state index in [2.05, 4.69) is 15.9 Å². The number of hydrogen-bond acceptors (Lipinski definition) is 1. The fraction of sp³-hybridized carbons (Fsp3) is 0.143. The Balaban J connectivity index is 2.21. The van der Waals surface area contributed by atoms with Crippen LogP contribution in [0.4, 0.5) is 8.78 Å². The lowest BCUT2D eigenvalue weighted by Crippen LogP contribution is -2.02. The Labute approximate surface area is 123 Å². The van der Waals surface area contributed by atoms with E-state index in [0.717, 1.165) is 4.47 Å². The Morgan fingerprint density at radius 2 is 1.84 bits per heavy atom. The van der Waals surface area contributed by atoms with Crippen LogP contribution in [0, 0.1) is 11.6 Å². The summed E-state index contributed by atoms with van der Waals surface area (Å²) in [5.74, 6) is -0.703. The third-order valence-corrected chi connectivity index (χ3v) is 3.35. The van der Waals surface area contributed by atoms with E-state index in [1.165, 1.54) is 12.1 Å². The molecule has 0 radical (unpaired) electrons. The van der Waals surface area contributed by atoms with Crippen LogP contribution in [0.5, 0.6) is 5.75 Å². The van der Waals surface area contributed by atoms with E-state index in [1.807, 2.05) is 0 Å². The molecule has 1 nitrogen and oxygen atoms in total. The zero-order valence-corrected chi connectivity index (χ0v) is 12.1. The molecule has 0 bridgehead atoms. The van der Waals surface area contributed by atoms with E-state index in [9.17, 15) is 8.78 Å². The van der Waals surface area contributed by atoms with Crippen molar-refractivity contribution in [2.24, 2.45) is 0 Å². The van der Waals surface area contributed by atoms with Gasteiger partial charge in [-0.15, -0.1) is 11.6 Å². The lowest BCUT2D eigenvalue weighted by molar-refractivity contribution is 0.282. The van der Waals surface area contributed by atoms with Gasteiger partial charge in [-0.3, -0.25) is 0 Å². The van der Waals surface area contributed by atoms with E-state index < -0.39 is 11.6 Å². The lowest BCUT2D eigenvalue weighted by Gasteiger charge is -2.11. The molecule has 2 aromatic carbocycles. The van der Waals surface area contributed by atoms with Gasteiger partial charge in [0.1, 0.15) is 12.4 Å². The van der Waals surface area contributed by atoms with Crippen molar-refractivity contribution in [2.45, 2.75) is 12.5 Å². The number of halogens is 4. The van der Waals surface area contributed by atoms with Crippen molar-refractivity contribution in [1.29, 1.82) is 0 Å². The number of benzene rings is 2. The minimum atomic E-state index is -0.506. The maximum atomic E-state index is 13.6. The van der Waals surface area contributed by atoms with Crippen molar-refractivity contribution in [3.63, 3.8) is 0 Å². The molecule has 2 rings (SSSR count). The predicted octanol–water partition coefficient (Wildman–Crippen LogP) is 5.05. The molecule has 2 aromatic rings. The van der Waals surface area contributed by atoms with Gasteiger partial charge in [0.05, 0.1) is 5.88 Å². The van der Waals surface area contributed by atoms with Gasteiger partial charge in [0, 0.05) is 15.6 Å². The van der Waals surface area contributed by atoms with Crippen molar-refractivity contribution in [2.75, 3.05) is 0 Å². The lowest BCUT2D eigenvalue weighted by atomic mass is 10.2. The van der Waals surface area contributed by atoms with Gasteiger partial charge in [0.2, 0.25) is 0 Å². The minimum absolute atomic E-state index is 0.0594. The van der Waals surface area contributed by atoms with E-state index >= 15 is 0 Å². The number of ether oxygens (including phenoxy) is 1. The molecule has 0 atom stereocenters. The number of rotatable bonds is 4. The minimum Gasteiger partial charge on any atom is -0.485 e. The zero-order chi connectivity index (χ0) is 13.8. The Kier molecular flexibility index (Phi) is 4.77. The van der Waals surface area contributed by atoms with E-state index in [0.29, 0.717) is 11.1 Å². The van der Waals surface area contributed by atoms with Crippen LogP contribution in [0.3, 0.4) is 0 Å². The molecular formula is C14H10BrClF2O. The van der Waals surface area contributed by atoms with Gasteiger partial charge >= 0.3 is 0 Å². The second kappa shape index (κ2) is 6.35. The molecule has 0 aliphatic carbocycles. The Bertz CT molecular complexity index is 590. The molecule has 100 valence electrons. The summed E-state index contributed by atoms with van der Waals surface area (Å²) in [6.07, 6.45) is 0. The molecule has 0 spiro atoms. The topological polar surface area (TPSA) is 9.23 Å². The molecule has 0 unspecified atom stereocenters. The molecule has 0 heterocycles. The van der Waals surface area contributed by atoms with Crippen molar-refractivity contribution in [3.05, 3.63) is 63.6 Å². The fourth-order valence-corrected chi connectivity index (χ4v) is 2.24. The van der Waals surface area contributed by atoms with Crippen LogP contribution in [-0.2, 0) is 12.5 Å². The summed E-state index contributed by atoms with van der Waals surface area (Å²) in [5, 5.41) is 0. The van der Waals surface area contributed by atoms with Crippen LogP contribution in [0.25, 0.3) is 0 Å². The molecule has 5 heteroatoms. The fourth-order valence-electron chi connectivity index (χ4n) is 1.62. The normalized spacial score (nSPS) is 10.5. The summed E-state index contributed by atoms with van der Waals surface area (Å²) < 4.78 is 33.3. The van der Waals surface area contributed by atoms with E-state index in [1.54, 1.807) is 24.3 Å². The molecule has 0 aliphatic heterocycles. The second-order valence-electron chi connectivity index (χ2n) is 3.89. The molecule has 0 N–H and O–H groups in total. The van der Waals surface area contributed by atoms with Crippen LogP contribution in [0.2, 0.25) is 0 Å². The van der Waals surface area contributed by atoms with Gasteiger partial charge in [-0.05, 0) is 24.3 Å². The highest BCUT2D eigenvalue weighted by atomic mass is 79.9. The van der Waals surface area contributed by atoms with Gasteiger partial charge in [0.15, 0.2) is 11.6 Å². The summed E-state index contributed by atoms with van der Waals surface area (Å²) >= 11 is 8.96. The SMILES string of the molecule is Fc1ccc(Br)cc1COc1c(F)cccc1CCl. The summed E-state index contributed by atoms with van der Waals surface area (Å²) in [6, 6.07) is 9.01.